The van der Waals surface area contributed by atoms with E-state index in [1.165, 1.54) is 36.1 Å². The fourth-order valence-electron chi connectivity index (χ4n) is 2.66. The van der Waals surface area contributed by atoms with Gasteiger partial charge in [0.2, 0.25) is 5.91 Å². The fourth-order valence-corrected chi connectivity index (χ4v) is 3.93. The molecule has 0 radical (unpaired) electrons. The molecule has 0 aromatic carbocycles. The average molecular weight is 294 g/mol. The smallest absolute Gasteiger partial charge is 0.236 e. The molecule has 0 aliphatic heterocycles. The monoisotopic (exact) mass is 294 g/mol. The molecule has 2 unspecified atom stereocenters. The van der Waals surface area contributed by atoms with Gasteiger partial charge in [0.25, 0.3) is 0 Å². The maximum atomic E-state index is 11.9. The van der Waals surface area contributed by atoms with Crippen molar-refractivity contribution in [3.05, 3.63) is 21.4 Å². The summed E-state index contributed by atoms with van der Waals surface area (Å²) in [5, 5.41) is 6.35. The third-order valence-electron chi connectivity index (χ3n) is 3.88. The largest absolute Gasteiger partial charge is 0.355 e. The molecule has 0 fully saturated rings. The molecule has 0 bridgehead atoms. The highest BCUT2D eigenvalue weighted by molar-refractivity contribution is 7.12. The van der Waals surface area contributed by atoms with E-state index in [9.17, 15) is 4.79 Å². The topological polar surface area (TPSA) is 41.1 Å². The van der Waals surface area contributed by atoms with Crippen molar-refractivity contribution in [2.75, 3.05) is 6.54 Å². The van der Waals surface area contributed by atoms with Crippen molar-refractivity contribution in [2.45, 2.75) is 65.0 Å². The van der Waals surface area contributed by atoms with Gasteiger partial charge in [0.15, 0.2) is 0 Å². The van der Waals surface area contributed by atoms with E-state index in [0.717, 1.165) is 13.0 Å². The molecule has 4 heteroatoms. The number of hydrogen-bond acceptors (Lipinski definition) is 3. The Hall–Kier alpha value is -0.870. The quantitative estimate of drug-likeness (QED) is 0.846. The zero-order valence-corrected chi connectivity index (χ0v) is 13.6. The molecule has 20 heavy (non-hydrogen) atoms. The number of hydrogen-bond donors (Lipinski definition) is 2. The number of carbonyl (C=O) groups is 1. The molecule has 1 aromatic rings. The summed E-state index contributed by atoms with van der Waals surface area (Å²) in [7, 11) is 0. The van der Waals surface area contributed by atoms with Crippen LogP contribution in [0.1, 0.15) is 61.4 Å². The second-order valence-corrected chi connectivity index (χ2v) is 6.87. The molecule has 2 rings (SSSR count). The van der Waals surface area contributed by atoms with Crippen molar-refractivity contribution < 1.29 is 4.79 Å². The Morgan fingerprint density at radius 3 is 2.80 bits per heavy atom. The highest BCUT2D eigenvalue weighted by atomic mass is 32.1. The first-order valence-corrected chi connectivity index (χ1v) is 8.58. The molecule has 0 saturated heterocycles. The van der Waals surface area contributed by atoms with E-state index in [4.69, 9.17) is 0 Å². The Bertz CT molecular complexity index is 432. The third-order valence-corrected chi connectivity index (χ3v) is 5.30. The van der Waals surface area contributed by atoms with Gasteiger partial charge >= 0.3 is 0 Å². The molecule has 2 atom stereocenters. The lowest BCUT2D eigenvalue weighted by atomic mass is 9.99. The first kappa shape index (κ1) is 15.5. The minimum atomic E-state index is -0.143. The Kier molecular flexibility index (Phi) is 5.61. The molecular formula is C16H26N2OS. The van der Waals surface area contributed by atoms with Crippen molar-refractivity contribution in [3.63, 3.8) is 0 Å². The zero-order valence-electron chi connectivity index (χ0n) is 12.8. The van der Waals surface area contributed by atoms with E-state index >= 15 is 0 Å². The molecule has 2 N–H and O–H groups in total. The summed E-state index contributed by atoms with van der Waals surface area (Å²) >= 11 is 1.92. The molecule has 1 aliphatic carbocycles. The summed E-state index contributed by atoms with van der Waals surface area (Å²) in [6.07, 6.45) is 6.08. The van der Waals surface area contributed by atoms with Crippen LogP contribution in [0.3, 0.4) is 0 Å². The van der Waals surface area contributed by atoms with E-state index in [-0.39, 0.29) is 18.0 Å². The number of aryl methyl sites for hydroxylation is 2. The summed E-state index contributed by atoms with van der Waals surface area (Å²) in [5.41, 5.74) is 1.54. The van der Waals surface area contributed by atoms with Gasteiger partial charge in [0.05, 0.1) is 6.04 Å². The minimum absolute atomic E-state index is 0.0972. The fraction of sp³-hybridized carbons (Fsp3) is 0.688. The number of nitrogens with one attached hydrogen (secondary N) is 2. The number of amides is 1. The van der Waals surface area contributed by atoms with Gasteiger partial charge in [0, 0.05) is 22.3 Å². The second-order valence-electron chi connectivity index (χ2n) is 5.71. The summed E-state index contributed by atoms with van der Waals surface area (Å²) in [6, 6.07) is 2.44. The lowest BCUT2D eigenvalue weighted by molar-refractivity contribution is -0.122. The van der Waals surface area contributed by atoms with Gasteiger partial charge in [-0.3, -0.25) is 10.1 Å². The first-order chi connectivity index (χ1) is 9.61. The zero-order chi connectivity index (χ0) is 14.5. The Balaban J connectivity index is 1.92. The van der Waals surface area contributed by atoms with Gasteiger partial charge in [0.1, 0.15) is 0 Å². The third kappa shape index (κ3) is 3.83. The molecule has 0 spiro atoms. The van der Waals surface area contributed by atoms with Crippen LogP contribution >= 0.6 is 11.3 Å². The van der Waals surface area contributed by atoms with Crippen molar-refractivity contribution in [1.82, 2.24) is 10.6 Å². The number of carbonyl (C=O) groups excluding carboxylic acids is 1. The van der Waals surface area contributed by atoms with Crippen LogP contribution in [-0.4, -0.2) is 18.5 Å². The van der Waals surface area contributed by atoms with E-state index in [2.05, 4.69) is 30.5 Å². The van der Waals surface area contributed by atoms with E-state index in [1.54, 1.807) is 4.88 Å². The van der Waals surface area contributed by atoms with Crippen molar-refractivity contribution in [2.24, 2.45) is 0 Å². The van der Waals surface area contributed by atoms with Crippen molar-refractivity contribution in [1.29, 1.82) is 0 Å². The summed E-state index contributed by atoms with van der Waals surface area (Å²) in [4.78, 5) is 14.8. The Labute approximate surface area is 126 Å². The van der Waals surface area contributed by atoms with Gasteiger partial charge in [-0.15, -0.1) is 11.3 Å². The maximum Gasteiger partial charge on any atom is 0.236 e. The van der Waals surface area contributed by atoms with Gasteiger partial charge in [-0.1, -0.05) is 6.92 Å². The molecule has 0 saturated carbocycles. The first-order valence-electron chi connectivity index (χ1n) is 7.77. The van der Waals surface area contributed by atoms with Crippen LogP contribution in [0.15, 0.2) is 6.07 Å². The molecule has 3 nitrogen and oxygen atoms in total. The normalized spacial score (nSPS) is 17.4. The van der Waals surface area contributed by atoms with E-state index in [1.807, 2.05) is 18.3 Å². The summed E-state index contributed by atoms with van der Waals surface area (Å²) in [6.45, 7) is 6.92. The van der Waals surface area contributed by atoms with Crippen LogP contribution in [0.25, 0.3) is 0 Å². The average Bonchev–Trinajstić information content (AvgIpc) is 2.88. The molecule has 1 aromatic heterocycles. The lowest BCUT2D eigenvalue weighted by Crippen LogP contribution is -2.43. The van der Waals surface area contributed by atoms with Gasteiger partial charge in [-0.25, -0.2) is 0 Å². The van der Waals surface area contributed by atoms with Gasteiger partial charge in [-0.05, 0) is 57.6 Å². The standard InChI is InChI=1S/C16H26N2OS/c1-4-9-17-16(19)12(3)18-11(2)15-10-13-7-5-6-8-14(13)20-15/h10-12,18H,4-9H2,1-3H3,(H,17,19). The van der Waals surface area contributed by atoms with Crippen LogP contribution in [-0.2, 0) is 17.6 Å². The Morgan fingerprint density at radius 1 is 1.35 bits per heavy atom. The van der Waals surface area contributed by atoms with Crippen molar-refractivity contribution >= 4 is 17.2 Å². The lowest BCUT2D eigenvalue weighted by Gasteiger charge is -2.18. The van der Waals surface area contributed by atoms with E-state index < -0.39 is 0 Å². The highest BCUT2D eigenvalue weighted by Crippen LogP contribution is 2.32. The maximum absolute atomic E-state index is 11.9. The van der Waals surface area contributed by atoms with Crippen LogP contribution < -0.4 is 10.6 Å². The Morgan fingerprint density at radius 2 is 2.10 bits per heavy atom. The summed E-state index contributed by atoms with van der Waals surface area (Å²) in [5.74, 6) is 0.0972. The number of thiophene rings is 1. The number of fused-ring (bicyclic) bond motifs is 1. The molecule has 1 amide bonds. The van der Waals surface area contributed by atoms with Crippen LogP contribution in [0.2, 0.25) is 0 Å². The van der Waals surface area contributed by atoms with Crippen LogP contribution in [0.4, 0.5) is 0 Å². The number of rotatable bonds is 6. The van der Waals surface area contributed by atoms with Crippen LogP contribution in [0, 0.1) is 0 Å². The highest BCUT2D eigenvalue weighted by Gasteiger charge is 2.19. The van der Waals surface area contributed by atoms with Gasteiger partial charge in [-0.2, -0.15) is 0 Å². The molecule has 112 valence electrons. The molecular weight excluding hydrogens is 268 g/mol. The predicted molar refractivity (Wildman–Crippen MR) is 85.3 cm³/mol. The van der Waals surface area contributed by atoms with Crippen LogP contribution in [0.5, 0.6) is 0 Å². The van der Waals surface area contributed by atoms with Gasteiger partial charge < -0.3 is 5.32 Å². The molecule has 1 heterocycles. The predicted octanol–water partition coefficient (Wildman–Crippen LogP) is 3.19. The molecule has 1 aliphatic rings. The SMILES string of the molecule is CCCNC(=O)C(C)NC(C)c1cc2c(s1)CCCC2. The summed E-state index contributed by atoms with van der Waals surface area (Å²) < 4.78 is 0. The second kappa shape index (κ2) is 7.23. The minimum Gasteiger partial charge on any atom is -0.355 e. The van der Waals surface area contributed by atoms with E-state index in [0.29, 0.717) is 0 Å². The van der Waals surface area contributed by atoms with Crippen molar-refractivity contribution in [3.8, 4) is 0 Å².